The van der Waals surface area contributed by atoms with E-state index in [9.17, 15) is 9.90 Å². The van der Waals surface area contributed by atoms with Crippen LogP contribution in [0.4, 0.5) is 0 Å². The number of unbranched alkanes of at least 4 members (excludes halogenated alkanes) is 7. The van der Waals surface area contributed by atoms with E-state index in [4.69, 9.17) is 9.84 Å². The van der Waals surface area contributed by atoms with Crippen molar-refractivity contribution >= 4 is 5.97 Å². The van der Waals surface area contributed by atoms with Crippen molar-refractivity contribution in [3.05, 3.63) is 59.8 Å². The molecule has 1 aliphatic rings. The molecule has 1 aliphatic carbocycles. The Hall–Kier alpha value is -2.44. The van der Waals surface area contributed by atoms with Gasteiger partial charge in [-0.25, -0.2) is 4.98 Å². The van der Waals surface area contributed by atoms with Crippen LogP contribution in [0.2, 0.25) is 0 Å². The number of aliphatic carboxylic acids is 1. The minimum atomic E-state index is -0.663. The van der Waals surface area contributed by atoms with E-state index < -0.39 is 5.97 Å². The van der Waals surface area contributed by atoms with Gasteiger partial charge in [0.1, 0.15) is 0 Å². The number of benzene rings is 1. The minimum Gasteiger partial charge on any atom is -0.481 e. The molecule has 1 aromatic heterocycles. The zero-order valence-electron chi connectivity index (χ0n) is 20.8. The van der Waals surface area contributed by atoms with Gasteiger partial charge in [0.15, 0.2) is 0 Å². The molecule has 0 bridgehead atoms. The fourth-order valence-electron chi connectivity index (χ4n) is 4.08. The summed E-state index contributed by atoms with van der Waals surface area (Å²) in [6.07, 6.45) is 13.1. The molecular formula is C28H42N2O4. The Morgan fingerprint density at radius 1 is 1.06 bits per heavy atom. The number of nitrogens with zero attached hydrogens (tertiary/aromatic N) is 1. The van der Waals surface area contributed by atoms with Gasteiger partial charge in [0.05, 0.1) is 25.7 Å². The molecule has 6 nitrogen and oxygen atoms in total. The summed E-state index contributed by atoms with van der Waals surface area (Å²) in [5, 5.41) is 21.6. The van der Waals surface area contributed by atoms with Crippen LogP contribution in [0.3, 0.4) is 0 Å². The molecule has 0 spiro atoms. The highest BCUT2D eigenvalue weighted by Gasteiger charge is 2.43. The van der Waals surface area contributed by atoms with Gasteiger partial charge in [-0.2, -0.15) is 0 Å². The molecule has 3 atom stereocenters. The molecule has 1 saturated carbocycles. The van der Waals surface area contributed by atoms with Crippen LogP contribution in [0.25, 0.3) is 0 Å². The molecule has 0 amide bonds. The SMILES string of the molecule is CCCCCCCCCCN[C@@H](CO)c1ccc(OC)nc1.O=C(O)[C@H]1C[C@@H]1c1ccccc1. The van der Waals surface area contributed by atoms with Crippen LogP contribution in [0, 0.1) is 5.92 Å². The molecule has 0 aliphatic heterocycles. The van der Waals surface area contributed by atoms with E-state index in [-0.39, 0.29) is 24.5 Å². The van der Waals surface area contributed by atoms with Gasteiger partial charge < -0.3 is 20.3 Å². The zero-order chi connectivity index (χ0) is 24.6. The molecule has 2 aromatic rings. The number of aromatic nitrogens is 1. The van der Waals surface area contributed by atoms with Gasteiger partial charge in [-0.15, -0.1) is 0 Å². The molecule has 0 unspecified atom stereocenters. The predicted octanol–water partition coefficient (Wildman–Crippen LogP) is 5.73. The number of rotatable bonds is 15. The predicted molar refractivity (Wildman–Crippen MR) is 136 cm³/mol. The van der Waals surface area contributed by atoms with Crippen LogP contribution >= 0.6 is 0 Å². The first-order valence-corrected chi connectivity index (χ1v) is 12.7. The average molecular weight is 471 g/mol. The van der Waals surface area contributed by atoms with E-state index in [1.165, 1.54) is 44.9 Å². The Morgan fingerprint density at radius 2 is 1.74 bits per heavy atom. The van der Waals surface area contributed by atoms with Crippen molar-refractivity contribution in [2.75, 3.05) is 20.3 Å². The fraction of sp³-hybridized carbons (Fsp3) is 0.571. The van der Waals surface area contributed by atoms with E-state index in [1.807, 2.05) is 42.5 Å². The van der Waals surface area contributed by atoms with E-state index in [0.29, 0.717) is 5.88 Å². The maximum Gasteiger partial charge on any atom is 0.307 e. The third-order valence-electron chi connectivity index (χ3n) is 6.31. The maximum absolute atomic E-state index is 10.5. The number of methoxy groups -OCH3 is 1. The molecule has 3 rings (SSSR count). The lowest BCUT2D eigenvalue weighted by molar-refractivity contribution is -0.138. The monoisotopic (exact) mass is 470 g/mol. The van der Waals surface area contributed by atoms with Crippen LogP contribution in [0.1, 0.15) is 87.8 Å². The number of carbonyl (C=O) groups is 1. The lowest BCUT2D eigenvalue weighted by atomic mass is 10.1. The minimum absolute atomic E-state index is 0.0389. The fourth-order valence-corrected chi connectivity index (χ4v) is 4.08. The normalized spacial score (nSPS) is 17.4. The molecule has 0 radical (unpaired) electrons. The van der Waals surface area contributed by atoms with Gasteiger partial charge in [-0.1, -0.05) is 88.3 Å². The second kappa shape index (κ2) is 16.2. The van der Waals surface area contributed by atoms with Gasteiger partial charge in [-0.05, 0) is 36.4 Å². The van der Waals surface area contributed by atoms with E-state index in [0.717, 1.165) is 30.5 Å². The molecule has 3 N–H and O–H groups in total. The number of carboxylic acids is 1. The molecule has 0 saturated heterocycles. The Kier molecular flexibility index (Phi) is 13.3. The number of aliphatic hydroxyl groups excluding tert-OH is 1. The van der Waals surface area contributed by atoms with Gasteiger partial charge in [0, 0.05) is 12.3 Å². The Morgan fingerprint density at radius 3 is 2.26 bits per heavy atom. The van der Waals surface area contributed by atoms with Crippen molar-refractivity contribution in [1.29, 1.82) is 0 Å². The standard InChI is InChI=1S/C18H32N2O2.C10H10O2/c1-3-4-5-6-7-8-9-10-13-19-17(15-21)16-11-12-18(22-2)20-14-16;11-10(12)9-6-8(9)7-4-2-1-3-5-7/h11-12,14,17,19,21H,3-10,13,15H2,1-2H3;1-5,8-9H,6H2,(H,11,12)/t17-;8-,9+/m01/s1. The van der Waals surface area contributed by atoms with Gasteiger partial charge in [-0.3, -0.25) is 4.79 Å². The van der Waals surface area contributed by atoms with Crippen molar-refractivity contribution in [1.82, 2.24) is 10.3 Å². The first kappa shape index (κ1) is 27.8. The number of hydrogen-bond acceptors (Lipinski definition) is 5. The second-order valence-electron chi connectivity index (χ2n) is 9.00. The summed E-state index contributed by atoms with van der Waals surface area (Å²) >= 11 is 0. The summed E-state index contributed by atoms with van der Waals surface area (Å²) in [4.78, 5) is 14.7. The van der Waals surface area contributed by atoms with Gasteiger partial charge >= 0.3 is 5.97 Å². The highest BCUT2D eigenvalue weighted by atomic mass is 16.5. The summed E-state index contributed by atoms with van der Waals surface area (Å²) in [5.74, 6) is 0.0727. The maximum atomic E-state index is 10.5. The molecule has 1 fully saturated rings. The number of pyridine rings is 1. The molecule has 1 aromatic carbocycles. The van der Waals surface area contributed by atoms with Crippen LogP contribution in [0.5, 0.6) is 5.88 Å². The van der Waals surface area contributed by atoms with Crippen molar-refractivity contribution in [2.45, 2.75) is 76.7 Å². The second-order valence-corrected chi connectivity index (χ2v) is 9.00. The van der Waals surface area contributed by atoms with E-state index in [2.05, 4.69) is 17.2 Å². The smallest absolute Gasteiger partial charge is 0.307 e. The third kappa shape index (κ3) is 10.2. The van der Waals surface area contributed by atoms with Crippen molar-refractivity contribution in [3.8, 4) is 5.88 Å². The Labute approximate surface area is 204 Å². The third-order valence-corrected chi connectivity index (χ3v) is 6.31. The lowest BCUT2D eigenvalue weighted by Gasteiger charge is -2.16. The van der Waals surface area contributed by atoms with Crippen molar-refractivity contribution < 1.29 is 19.7 Å². The zero-order valence-corrected chi connectivity index (χ0v) is 20.8. The van der Waals surface area contributed by atoms with Crippen LogP contribution in [-0.2, 0) is 4.79 Å². The highest BCUT2D eigenvalue weighted by Crippen LogP contribution is 2.47. The highest BCUT2D eigenvalue weighted by molar-refractivity contribution is 5.75. The summed E-state index contributed by atoms with van der Waals surface area (Å²) < 4.78 is 5.05. The van der Waals surface area contributed by atoms with Crippen molar-refractivity contribution in [2.24, 2.45) is 5.92 Å². The Bertz CT molecular complexity index is 798. The average Bonchev–Trinajstić information content (AvgIpc) is 3.68. The molecule has 6 heteroatoms. The van der Waals surface area contributed by atoms with Gasteiger partial charge in [0.25, 0.3) is 0 Å². The number of ether oxygens (including phenoxy) is 1. The number of carboxylic acid groups (broad SMARTS) is 1. The number of aliphatic hydroxyl groups is 1. The molecule has 34 heavy (non-hydrogen) atoms. The summed E-state index contributed by atoms with van der Waals surface area (Å²) in [5.41, 5.74) is 2.16. The largest absolute Gasteiger partial charge is 0.481 e. The summed E-state index contributed by atoms with van der Waals surface area (Å²) in [7, 11) is 1.60. The lowest BCUT2D eigenvalue weighted by Crippen LogP contribution is -2.25. The number of hydrogen-bond donors (Lipinski definition) is 3. The quantitative estimate of drug-likeness (QED) is 0.288. The first-order chi connectivity index (χ1) is 16.6. The van der Waals surface area contributed by atoms with Crippen LogP contribution in [-0.4, -0.2) is 41.4 Å². The van der Waals surface area contributed by atoms with E-state index in [1.54, 1.807) is 13.3 Å². The topological polar surface area (TPSA) is 91.7 Å². The first-order valence-electron chi connectivity index (χ1n) is 12.7. The van der Waals surface area contributed by atoms with Gasteiger partial charge in [0.2, 0.25) is 5.88 Å². The summed E-state index contributed by atoms with van der Waals surface area (Å²) in [6.45, 7) is 3.28. The van der Waals surface area contributed by atoms with Crippen LogP contribution < -0.4 is 10.1 Å². The summed E-state index contributed by atoms with van der Waals surface area (Å²) in [6, 6.07) is 13.6. The van der Waals surface area contributed by atoms with E-state index >= 15 is 0 Å². The molecule has 1 heterocycles. The Balaban J connectivity index is 0.000000283. The van der Waals surface area contributed by atoms with Crippen LogP contribution in [0.15, 0.2) is 48.7 Å². The molecule has 188 valence electrons. The van der Waals surface area contributed by atoms with Crippen molar-refractivity contribution in [3.63, 3.8) is 0 Å². The number of nitrogens with one attached hydrogen (secondary N) is 1. The molecular weight excluding hydrogens is 428 g/mol.